The Morgan fingerprint density at radius 2 is 1.11 bits per heavy atom. The molecule has 0 amide bonds. The van der Waals surface area contributed by atoms with E-state index in [1.54, 1.807) is 0 Å². The van der Waals surface area contributed by atoms with Crippen LogP contribution in [0.5, 0.6) is 0 Å². The molecule has 9 heteroatoms. The molecule has 9 heavy (non-hydrogen) atoms. The van der Waals surface area contributed by atoms with Crippen LogP contribution in [-0.2, 0) is 32.3 Å². The van der Waals surface area contributed by atoms with Crippen LogP contribution in [0.1, 0.15) is 0 Å². The van der Waals surface area contributed by atoms with E-state index >= 15 is 0 Å². The van der Waals surface area contributed by atoms with Crippen LogP contribution >= 0.6 is 0 Å². The Hall–Kier alpha value is 0.304. The average Bonchev–Trinajstić information content (AvgIpc) is 1.19. The molecule has 0 spiro atoms. The van der Waals surface area contributed by atoms with Gasteiger partial charge in [-0.25, -0.2) is 0 Å². The van der Waals surface area contributed by atoms with Gasteiger partial charge in [0.05, 0.1) is 0 Å². The van der Waals surface area contributed by atoms with Crippen LogP contribution < -0.4 is 0 Å². The predicted octanol–water partition coefficient (Wildman–Crippen LogP) is -1.89. The van der Waals surface area contributed by atoms with E-state index in [0.29, 0.717) is 0 Å². The Bertz CT molecular complexity index is 151. The summed E-state index contributed by atoms with van der Waals surface area (Å²) in [4.78, 5) is 0. The molecule has 0 atom stereocenters. The second-order valence-corrected chi connectivity index (χ2v) is 2.51. The van der Waals surface area contributed by atoms with Gasteiger partial charge in [-0.2, -0.15) is 8.42 Å². The van der Waals surface area contributed by atoms with Crippen LogP contribution in [-0.4, -0.2) is 24.9 Å². The van der Waals surface area contributed by atoms with E-state index in [1.807, 2.05) is 0 Å². The van der Waals surface area contributed by atoms with Gasteiger partial charge in [0.15, 0.2) is 0 Å². The second-order valence-electron chi connectivity index (χ2n) is 0.730. The third-order valence-electron chi connectivity index (χ3n) is 0. The molecule has 0 rings (SSSR count). The molecule has 7 nitrogen and oxygen atoms in total. The van der Waals surface area contributed by atoms with Crippen LogP contribution in [0.25, 0.3) is 0 Å². The standard InChI is InChI=1S/H2O4S.2H2O.O.Ti/c1-5(2,3)4;;;;/h(H2,1,2,3,4);2*1H2;;/q;;;;+2/p-2. The molecular formula is H4O7STi. The van der Waals surface area contributed by atoms with Crippen LogP contribution in [0.15, 0.2) is 0 Å². The van der Waals surface area contributed by atoms with Crippen molar-refractivity contribution in [1.29, 1.82) is 0 Å². The van der Waals surface area contributed by atoms with Crippen LogP contribution in [0.3, 0.4) is 0 Å². The average molecular weight is 196 g/mol. The summed E-state index contributed by atoms with van der Waals surface area (Å²) in [5.41, 5.74) is 0. The summed E-state index contributed by atoms with van der Waals surface area (Å²) in [5.74, 6) is 0. The van der Waals surface area contributed by atoms with Crippen molar-refractivity contribution in [2.24, 2.45) is 0 Å². The van der Waals surface area contributed by atoms with E-state index in [0.717, 1.165) is 0 Å². The van der Waals surface area contributed by atoms with Gasteiger partial charge in [0.1, 0.15) is 0 Å². The van der Waals surface area contributed by atoms with Crippen molar-refractivity contribution in [2.75, 3.05) is 0 Å². The molecule has 4 N–H and O–H groups in total. The summed E-state index contributed by atoms with van der Waals surface area (Å²) < 4.78 is 54.8. The SMILES string of the molecule is O=S(=O)(O)O.[O]=[Ti]([OH])[OH]. The van der Waals surface area contributed by atoms with Gasteiger partial charge >= 0.3 is 39.7 Å². The monoisotopic (exact) mass is 196 g/mol. The number of hydrogen-bond acceptors (Lipinski definition) is 3. The zero-order valence-corrected chi connectivity index (χ0v) is 6.30. The number of rotatable bonds is 0. The molecule has 0 aliphatic carbocycles. The van der Waals surface area contributed by atoms with Crippen LogP contribution in [0, 0.1) is 0 Å². The fourth-order valence-electron chi connectivity index (χ4n) is 0. The van der Waals surface area contributed by atoms with E-state index in [9.17, 15) is 0 Å². The maximum absolute atomic E-state index is 8.81. The zero-order chi connectivity index (χ0) is 8.08. The van der Waals surface area contributed by atoms with Gasteiger partial charge < -0.3 is 0 Å². The quantitative estimate of drug-likeness (QED) is 0.263. The zero-order valence-electron chi connectivity index (χ0n) is 3.92. The Labute approximate surface area is 57.6 Å². The Balaban J connectivity index is 0. The topological polar surface area (TPSA) is 132 Å². The Morgan fingerprint density at radius 1 is 1.11 bits per heavy atom. The Kier molecular flexibility index (Phi) is 6.84. The molecule has 0 radical (unpaired) electrons. The van der Waals surface area contributed by atoms with Crippen molar-refractivity contribution in [1.82, 2.24) is 0 Å². The van der Waals surface area contributed by atoms with Crippen LogP contribution in [0.2, 0.25) is 0 Å². The van der Waals surface area contributed by atoms with E-state index < -0.39 is 29.0 Å². The van der Waals surface area contributed by atoms with Gasteiger partial charge in [-0.05, 0) is 0 Å². The first kappa shape index (κ1) is 12.0. The first-order valence-corrected chi connectivity index (χ1v) is 4.78. The van der Waals surface area contributed by atoms with Crippen molar-refractivity contribution in [2.45, 2.75) is 0 Å². The molecule has 0 aromatic carbocycles. The normalized spacial score (nSPS) is 9.33. The summed E-state index contributed by atoms with van der Waals surface area (Å²) in [7, 11) is -4.67. The van der Waals surface area contributed by atoms with Gasteiger partial charge in [-0.15, -0.1) is 0 Å². The summed E-state index contributed by atoms with van der Waals surface area (Å²) in [6.45, 7) is 0. The van der Waals surface area contributed by atoms with E-state index in [-0.39, 0.29) is 0 Å². The first-order chi connectivity index (χ1) is 3.73. The Morgan fingerprint density at radius 3 is 1.11 bits per heavy atom. The molecule has 0 fully saturated rings. The minimum atomic E-state index is -4.67. The van der Waals surface area contributed by atoms with Crippen molar-refractivity contribution < 1.29 is 46.8 Å². The second kappa shape index (κ2) is 5.12. The molecule has 0 saturated heterocycles. The van der Waals surface area contributed by atoms with Gasteiger partial charge in [0.25, 0.3) is 0 Å². The van der Waals surface area contributed by atoms with Gasteiger partial charge in [-0.1, -0.05) is 0 Å². The summed E-state index contributed by atoms with van der Waals surface area (Å²) in [6.07, 6.45) is 0. The fourth-order valence-corrected chi connectivity index (χ4v) is 0. The maximum atomic E-state index is 8.81. The van der Waals surface area contributed by atoms with Crippen LogP contribution in [0.4, 0.5) is 0 Å². The molecule has 0 aliphatic rings. The molecule has 0 unspecified atom stereocenters. The third kappa shape index (κ3) is 3560. The number of hydrogen-bond donors (Lipinski definition) is 4. The minimum absolute atomic E-state index is 3.58. The molecule has 56 valence electrons. The summed E-state index contributed by atoms with van der Waals surface area (Å²) in [5, 5.41) is 0. The summed E-state index contributed by atoms with van der Waals surface area (Å²) in [6, 6.07) is 0. The molecular weight excluding hydrogens is 192 g/mol. The predicted molar refractivity (Wildman–Crippen MR) is 19.3 cm³/mol. The summed E-state index contributed by atoms with van der Waals surface area (Å²) >= 11 is -3.58. The van der Waals surface area contributed by atoms with Gasteiger partial charge in [0.2, 0.25) is 0 Å². The molecule has 0 aromatic rings. The first-order valence-electron chi connectivity index (χ1n) is 1.35. The van der Waals surface area contributed by atoms with E-state index in [1.165, 1.54) is 0 Å². The molecule has 0 saturated carbocycles. The van der Waals surface area contributed by atoms with E-state index in [2.05, 4.69) is 0 Å². The van der Waals surface area contributed by atoms with Crippen molar-refractivity contribution in [3.8, 4) is 0 Å². The van der Waals surface area contributed by atoms with Gasteiger partial charge in [0, 0.05) is 0 Å². The molecule has 0 heterocycles. The molecule has 0 bridgehead atoms. The van der Waals surface area contributed by atoms with E-state index in [4.69, 9.17) is 28.2 Å². The van der Waals surface area contributed by atoms with Crippen molar-refractivity contribution in [3.63, 3.8) is 0 Å². The molecule has 0 aromatic heterocycles. The van der Waals surface area contributed by atoms with Gasteiger partial charge in [-0.3, -0.25) is 9.11 Å². The fraction of sp³-hybridized carbons (Fsp3) is 0. The van der Waals surface area contributed by atoms with Crippen molar-refractivity contribution in [3.05, 3.63) is 0 Å². The third-order valence-corrected chi connectivity index (χ3v) is 0. The van der Waals surface area contributed by atoms with Crippen molar-refractivity contribution >= 4 is 10.4 Å². The molecule has 0 aliphatic heterocycles.